The topological polar surface area (TPSA) is 66.2 Å². The van der Waals surface area contributed by atoms with Crippen LogP contribution in [0.2, 0.25) is 0 Å². The van der Waals surface area contributed by atoms with E-state index in [-0.39, 0.29) is 0 Å². The van der Waals surface area contributed by atoms with Gasteiger partial charge in [0.2, 0.25) is 0 Å². The molecule has 5 heteroatoms. The van der Waals surface area contributed by atoms with Gasteiger partial charge in [0.1, 0.15) is 6.10 Å². The summed E-state index contributed by atoms with van der Waals surface area (Å²) >= 11 is 3.07. The summed E-state index contributed by atoms with van der Waals surface area (Å²) in [7, 11) is 0. The highest BCUT2D eigenvalue weighted by Crippen LogP contribution is 2.15. The Morgan fingerprint density at radius 3 is 2.69 bits per heavy atom. The van der Waals surface area contributed by atoms with Crippen molar-refractivity contribution in [1.82, 2.24) is 9.97 Å². The highest BCUT2D eigenvalue weighted by atomic mass is 79.9. The molecule has 2 unspecified atom stereocenters. The Morgan fingerprint density at radius 1 is 1.46 bits per heavy atom. The molecule has 1 aromatic rings. The number of nitrogens with zero attached hydrogens (tertiary/aromatic N) is 2. The van der Waals surface area contributed by atoms with E-state index in [1.165, 1.54) is 6.20 Å². The van der Waals surface area contributed by atoms with Crippen molar-refractivity contribution >= 4 is 15.9 Å². The number of aromatic nitrogens is 2. The maximum Gasteiger partial charge on any atom is 0.124 e. The van der Waals surface area contributed by atoms with Gasteiger partial charge in [0.05, 0.1) is 23.7 Å². The summed E-state index contributed by atoms with van der Waals surface area (Å²) in [5.41, 5.74) is 1.12. The van der Waals surface area contributed by atoms with E-state index < -0.39 is 12.2 Å². The Kier molecular flexibility index (Phi) is 3.77. The van der Waals surface area contributed by atoms with E-state index in [4.69, 9.17) is 0 Å². The third kappa shape index (κ3) is 2.72. The molecule has 0 aliphatic rings. The second-order valence-corrected chi connectivity index (χ2v) is 3.40. The largest absolute Gasteiger partial charge is 0.389 e. The van der Waals surface area contributed by atoms with E-state index in [0.717, 1.165) is 5.69 Å². The lowest BCUT2D eigenvalue weighted by Gasteiger charge is -2.14. The van der Waals surface area contributed by atoms with Crippen molar-refractivity contribution < 1.29 is 10.2 Å². The molecule has 13 heavy (non-hydrogen) atoms. The minimum atomic E-state index is -0.980. The van der Waals surface area contributed by atoms with Gasteiger partial charge in [0.25, 0.3) is 0 Å². The Hall–Kier alpha value is -0.520. The lowest BCUT2D eigenvalue weighted by Crippen LogP contribution is -2.20. The molecule has 1 heterocycles. The van der Waals surface area contributed by atoms with Crippen LogP contribution in [-0.4, -0.2) is 31.6 Å². The van der Waals surface area contributed by atoms with Crippen LogP contribution in [-0.2, 0) is 0 Å². The number of hydrogen-bond acceptors (Lipinski definition) is 4. The first-order chi connectivity index (χ1) is 6.15. The molecule has 0 aliphatic carbocycles. The van der Waals surface area contributed by atoms with Crippen LogP contribution < -0.4 is 0 Å². The molecule has 0 aromatic carbocycles. The standard InChI is InChI=1S/C8H11BrN2O2/c1-5-3-10-4-6(11-5)8(13)7(12)2-9/h3-4,7-8,12-13H,2H2,1H3. The molecule has 0 saturated heterocycles. The van der Waals surface area contributed by atoms with Gasteiger partial charge in [-0.2, -0.15) is 0 Å². The first-order valence-corrected chi connectivity index (χ1v) is 4.98. The Bertz CT molecular complexity index is 283. The lowest BCUT2D eigenvalue weighted by molar-refractivity contribution is 0.0312. The summed E-state index contributed by atoms with van der Waals surface area (Å²) in [5, 5.41) is 19.1. The lowest BCUT2D eigenvalue weighted by atomic mass is 10.2. The monoisotopic (exact) mass is 246 g/mol. The summed E-state index contributed by atoms with van der Waals surface area (Å²) in [6, 6.07) is 0. The third-order valence-corrected chi connectivity index (χ3v) is 2.26. The fourth-order valence-corrected chi connectivity index (χ4v) is 1.26. The van der Waals surface area contributed by atoms with Crippen LogP contribution in [0.1, 0.15) is 17.5 Å². The van der Waals surface area contributed by atoms with Crippen LogP contribution in [0.3, 0.4) is 0 Å². The fraction of sp³-hybridized carbons (Fsp3) is 0.500. The van der Waals surface area contributed by atoms with Gasteiger partial charge in [-0.3, -0.25) is 9.97 Å². The van der Waals surface area contributed by atoms with Gasteiger partial charge in [-0.05, 0) is 6.92 Å². The zero-order valence-electron chi connectivity index (χ0n) is 7.18. The van der Waals surface area contributed by atoms with Crippen molar-refractivity contribution in [3.05, 3.63) is 23.8 Å². The highest BCUT2D eigenvalue weighted by molar-refractivity contribution is 9.09. The maximum absolute atomic E-state index is 9.53. The number of hydrogen-bond donors (Lipinski definition) is 2. The third-order valence-electron chi connectivity index (χ3n) is 1.60. The number of halogens is 1. The molecule has 0 aliphatic heterocycles. The van der Waals surface area contributed by atoms with E-state index >= 15 is 0 Å². The van der Waals surface area contributed by atoms with Crippen molar-refractivity contribution in [3.63, 3.8) is 0 Å². The Labute approximate surface area is 84.8 Å². The molecule has 0 saturated carbocycles. The average Bonchev–Trinajstić information content (AvgIpc) is 2.15. The molecule has 2 N–H and O–H groups in total. The van der Waals surface area contributed by atoms with Gasteiger partial charge in [0.15, 0.2) is 0 Å². The number of aryl methyl sites for hydroxylation is 1. The second kappa shape index (κ2) is 4.64. The number of aliphatic hydroxyl groups excluding tert-OH is 2. The van der Waals surface area contributed by atoms with Crippen molar-refractivity contribution in [3.8, 4) is 0 Å². The zero-order valence-corrected chi connectivity index (χ0v) is 8.77. The molecule has 72 valence electrons. The Morgan fingerprint density at radius 2 is 2.15 bits per heavy atom. The predicted molar refractivity (Wildman–Crippen MR) is 51.5 cm³/mol. The maximum atomic E-state index is 9.53. The predicted octanol–water partition coefficient (Wildman–Crippen LogP) is 0.574. The van der Waals surface area contributed by atoms with Crippen LogP contribution in [0.5, 0.6) is 0 Å². The molecule has 2 atom stereocenters. The quantitative estimate of drug-likeness (QED) is 0.766. The molecule has 0 bridgehead atoms. The van der Waals surface area contributed by atoms with Crippen molar-refractivity contribution in [2.45, 2.75) is 19.1 Å². The van der Waals surface area contributed by atoms with E-state index in [0.29, 0.717) is 11.0 Å². The van der Waals surface area contributed by atoms with E-state index in [1.807, 2.05) is 0 Å². The summed E-state index contributed by atoms with van der Waals surface area (Å²) in [5.74, 6) is 0. The summed E-state index contributed by atoms with van der Waals surface area (Å²) < 4.78 is 0. The normalized spacial score (nSPS) is 15.4. The van der Waals surface area contributed by atoms with E-state index in [1.54, 1.807) is 13.1 Å². The minimum absolute atomic E-state index is 0.309. The van der Waals surface area contributed by atoms with Crippen molar-refractivity contribution in [1.29, 1.82) is 0 Å². The molecule has 0 radical (unpaired) electrons. The van der Waals surface area contributed by atoms with Crippen LogP contribution in [0.15, 0.2) is 12.4 Å². The molecule has 0 fully saturated rings. The molecular weight excluding hydrogens is 236 g/mol. The van der Waals surface area contributed by atoms with Crippen molar-refractivity contribution in [2.24, 2.45) is 0 Å². The zero-order chi connectivity index (χ0) is 9.84. The smallest absolute Gasteiger partial charge is 0.124 e. The first-order valence-electron chi connectivity index (χ1n) is 3.85. The minimum Gasteiger partial charge on any atom is -0.389 e. The Balaban J connectivity index is 2.82. The van der Waals surface area contributed by atoms with Crippen molar-refractivity contribution in [2.75, 3.05) is 5.33 Å². The fourth-order valence-electron chi connectivity index (χ4n) is 0.907. The molecule has 0 spiro atoms. The van der Waals surface area contributed by atoms with Crippen LogP contribution >= 0.6 is 15.9 Å². The first kappa shape index (κ1) is 10.6. The molecule has 1 rings (SSSR count). The van der Waals surface area contributed by atoms with Crippen LogP contribution in [0, 0.1) is 6.92 Å². The van der Waals surface area contributed by atoms with Gasteiger partial charge >= 0.3 is 0 Å². The number of rotatable bonds is 3. The van der Waals surface area contributed by atoms with Gasteiger partial charge in [0, 0.05) is 11.5 Å². The van der Waals surface area contributed by atoms with E-state index in [2.05, 4.69) is 25.9 Å². The van der Waals surface area contributed by atoms with Crippen LogP contribution in [0.4, 0.5) is 0 Å². The van der Waals surface area contributed by atoms with Gasteiger partial charge in [-0.1, -0.05) is 15.9 Å². The molecule has 0 amide bonds. The second-order valence-electron chi connectivity index (χ2n) is 2.75. The van der Waals surface area contributed by atoms with Crippen LogP contribution in [0.25, 0.3) is 0 Å². The average molecular weight is 247 g/mol. The van der Waals surface area contributed by atoms with Gasteiger partial charge in [-0.15, -0.1) is 0 Å². The summed E-state index contributed by atoms with van der Waals surface area (Å²) in [4.78, 5) is 7.92. The number of alkyl halides is 1. The molecule has 1 aromatic heterocycles. The van der Waals surface area contributed by atoms with E-state index in [9.17, 15) is 10.2 Å². The number of aliphatic hydroxyl groups is 2. The summed E-state index contributed by atoms with van der Waals surface area (Å²) in [6.07, 6.45) is 1.21. The summed E-state index contributed by atoms with van der Waals surface area (Å²) in [6.45, 7) is 1.78. The molecule has 4 nitrogen and oxygen atoms in total. The van der Waals surface area contributed by atoms with Gasteiger partial charge in [-0.25, -0.2) is 0 Å². The highest BCUT2D eigenvalue weighted by Gasteiger charge is 2.18. The molecular formula is C8H11BrN2O2. The van der Waals surface area contributed by atoms with Gasteiger partial charge < -0.3 is 10.2 Å². The SMILES string of the molecule is Cc1cncc(C(O)C(O)CBr)n1.